The molecule has 4 nitrogen and oxygen atoms in total. The Morgan fingerprint density at radius 3 is 3.00 bits per heavy atom. The highest BCUT2D eigenvalue weighted by Gasteiger charge is 2.12. The first-order valence-corrected chi connectivity index (χ1v) is 3.63. The van der Waals surface area contributed by atoms with Crippen LogP contribution in [0.25, 0.3) is 0 Å². The first-order chi connectivity index (χ1) is 4.84. The molecule has 0 aliphatic carbocycles. The van der Waals surface area contributed by atoms with Crippen LogP contribution in [0, 0.1) is 0 Å². The first-order valence-electron chi connectivity index (χ1n) is 3.63. The van der Waals surface area contributed by atoms with Crippen LogP contribution in [-0.2, 0) is 4.79 Å². The topological polar surface area (TPSA) is 44.4 Å². The van der Waals surface area contributed by atoms with E-state index in [1.54, 1.807) is 5.01 Å². The molecule has 0 aromatic rings. The average molecular weight is 143 g/mol. The van der Waals surface area contributed by atoms with Gasteiger partial charge < -0.3 is 0 Å². The molecule has 1 fully saturated rings. The lowest BCUT2D eigenvalue weighted by molar-refractivity contribution is -0.136. The fourth-order valence-corrected chi connectivity index (χ4v) is 0.911. The predicted octanol–water partition coefficient (Wildman–Crippen LogP) is -0.362. The van der Waals surface area contributed by atoms with Crippen molar-refractivity contribution in [3.8, 4) is 0 Å². The van der Waals surface area contributed by atoms with Crippen molar-refractivity contribution in [1.29, 1.82) is 0 Å². The summed E-state index contributed by atoms with van der Waals surface area (Å²) in [6.45, 7) is 3.62. The molecule has 4 heteroatoms. The monoisotopic (exact) mass is 143 g/mol. The van der Waals surface area contributed by atoms with Gasteiger partial charge in [-0.15, -0.1) is 0 Å². The lowest BCUT2D eigenvalue weighted by atomic mass is 10.3. The number of hydrogen-bond acceptors (Lipinski definition) is 3. The van der Waals surface area contributed by atoms with Gasteiger partial charge in [-0.1, -0.05) is 6.92 Å². The van der Waals surface area contributed by atoms with Crippen molar-refractivity contribution < 1.29 is 4.79 Å². The molecular weight excluding hydrogens is 130 g/mol. The van der Waals surface area contributed by atoms with Crippen molar-refractivity contribution in [2.75, 3.05) is 13.1 Å². The van der Waals surface area contributed by atoms with Gasteiger partial charge in [-0.2, -0.15) is 5.53 Å². The zero-order chi connectivity index (χ0) is 7.40. The number of carbonyl (C=O) groups excluding carboxylic acids is 1. The number of hydrazine groups is 2. The molecule has 58 valence electrons. The van der Waals surface area contributed by atoms with Gasteiger partial charge in [-0.25, -0.2) is 5.43 Å². The van der Waals surface area contributed by atoms with Crippen LogP contribution in [0.3, 0.4) is 0 Å². The molecule has 1 saturated heterocycles. The Hall–Kier alpha value is -0.610. The van der Waals surface area contributed by atoms with Crippen molar-refractivity contribution >= 4 is 5.91 Å². The van der Waals surface area contributed by atoms with Gasteiger partial charge in [-0.05, 0) is 6.42 Å². The number of amides is 1. The Morgan fingerprint density at radius 2 is 2.50 bits per heavy atom. The van der Waals surface area contributed by atoms with E-state index in [4.69, 9.17) is 0 Å². The molecule has 0 atom stereocenters. The first kappa shape index (κ1) is 7.50. The van der Waals surface area contributed by atoms with Gasteiger partial charge in [0.15, 0.2) is 0 Å². The summed E-state index contributed by atoms with van der Waals surface area (Å²) in [5, 5.41) is 1.61. The minimum atomic E-state index is 0.146. The van der Waals surface area contributed by atoms with Gasteiger partial charge >= 0.3 is 0 Å². The molecule has 0 aromatic heterocycles. The Kier molecular flexibility index (Phi) is 2.65. The summed E-state index contributed by atoms with van der Waals surface area (Å²) >= 11 is 0. The van der Waals surface area contributed by atoms with E-state index in [1.165, 1.54) is 0 Å². The maximum Gasteiger partial charge on any atom is 0.237 e. The third-order valence-electron chi connectivity index (χ3n) is 1.50. The smallest absolute Gasteiger partial charge is 0.237 e. The Labute approximate surface area is 60.5 Å². The number of hydrogen-bond donors (Lipinski definition) is 2. The van der Waals surface area contributed by atoms with E-state index in [2.05, 4.69) is 11.0 Å². The molecule has 10 heavy (non-hydrogen) atoms. The fourth-order valence-electron chi connectivity index (χ4n) is 0.911. The molecule has 0 spiro atoms. The normalized spacial score (nSPS) is 19.1. The van der Waals surface area contributed by atoms with E-state index >= 15 is 0 Å². The lowest BCUT2D eigenvalue weighted by Gasteiger charge is -2.27. The summed E-state index contributed by atoms with van der Waals surface area (Å²) in [5.74, 6) is 0.146. The van der Waals surface area contributed by atoms with Crippen molar-refractivity contribution in [1.82, 2.24) is 16.0 Å². The molecule has 0 radical (unpaired) electrons. The summed E-state index contributed by atoms with van der Waals surface area (Å²) in [4.78, 5) is 11.0. The Morgan fingerprint density at radius 1 is 1.70 bits per heavy atom. The van der Waals surface area contributed by atoms with Gasteiger partial charge in [-0.3, -0.25) is 9.80 Å². The quantitative estimate of drug-likeness (QED) is 0.527. The van der Waals surface area contributed by atoms with Crippen LogP contribution in [0.4, 0.5) is 0 Å². The number of carbonyl (C=O) groups is 1. The highest BCUT2D eigenvalue weighted by atomic mass is 16.2. The molecule has 1 heterocycles. The summed E-state index contributed by atoms with van der Waals surface area (Å²) in [6, 6.07) is 0. The molecule has 0 bridgehead atoms. The molecule has 0 saturated carbocycles. The zero-order valence-electron chi connectivity index (χ0n) is 6.18. The second-order valence-electron chi connectivity index (χ2n) is 2.29. The van der Waals surface area contributed by atoms with Crippen LogP contribution in [-0.4, -0.2) is 24.0 Å². The molecule has 0 unspecified atom stereocenters. The molecule has 1 rings (SSSR count). The SMILES string of the molecule is CCC(=O)N1CCCNN1. The molecule has 1 aliphatic rings. The maximum atomic E-state index is 11.0. The molecule has 2 N–H and O–H groups in total. The maximum absolute atomic E-state index is 11.0. The summed E-state index contributed by atoms with van der Waals surface area (Å²) < 4.78 is 0. The Bertz CT molecular complexity index is 120. The highest BCUT2D eigenvalue weighted by molar-refractivity contribution is 5.75. The van der Waals surface area contributed by atoms with Crippen LogP contribution in [0.15, 0.2) is 0 Å². The van der Waals surface area contributed by atoms with E-state index in [0.29, 0.717) is 6.42 Å². The van der Waals surface area contributed by atoms with E-state index in [1.807, 2.05) is 6.92 Å². The van der Waals surface area contributed by atoms with Gasteiger partial charge in [0.25, 0.3) is 0 Å². The summed E-state index contributed by atoms with van der Waals surface area (Å²) in [5.41, 5.74) is 5.71. The van der Waals surface area contributed by atoms with Crippen molar-refractivity contribution in [3.05, 3.63) is 0 Å². The largest absolute Gasteiger partial charge is 0.273 e. The number of nitrogens with one attached hydrogen (secondary N) is 2. The lowest BCUT2D eigenvalue weighted by Crippen LogP contribution is -2.54. The third kappa shape index (κ3) is 1.68. The van der Waals surface area contributed by atoms with E-state index in [0.717, 1.165) is 19.5 Å². The third-order valence-corrected chi connectivity index (χ3v) is 1.50. The fraction of sp³-hybridized carbons (Fsp3) is 0.833. The van der Waals surface area contributed by atoms with E-state index in [9.17, 15) is 4.79 Å². The number of rotatable bonds is 1. The van der Waals surface area contributed by atoms with Crippen molar-refractivity contribution in [2.24, 2.45) is 0 Å². The zero-order valence-corrected chi connectivity index (χ0v) is 6.18. The van der Waals surface area contributed by atoms with Gasteiger partial charge in [0.2, 0.25) is 5.91 Å². The molecule has 1 amide bonds. The minimum absolute atomic E-state index is 0.146. The van der Waals surface area contributed by atoms with Gasteiger partial charge in [0.1, 0.15) is 0 Å². The second kappa shape index (κ2) is 3.53. The van der Waals surface area contributed by atoms with Gasteiger partial charge in [0.05, 0.1) is 0 Å². The average Bonchev–Trinajstić information content (AvgIpc) is 2.05. The molecular formula is C6H13N3O. The van der Waals surface area contributed by atoms with Gasteiger partial charge in [0, 0.05) is 19.5 Å². The van der Waals surface area contributed by atoms with Crippen LogP contribution in [0.2, 0.25) is 0 Å². The minimum Gasteiger partial charge on any atom is -0.273 e. The number of nitrogens with zero attached hydrogens (tertiary/aromatic N) is 1. The molecule has 0 aromatic carbocycles. The van der Waals surface area contributed by atoms with Crippen LogP contribution in [0.1, 0.15) is 19.8 Å². The standard InChI is InChI=1S/C6H13N3O/c1-2-6(10)9-5-3-4-7-8-9/h7-8H,2-5H2,1H3. The Balaban J connectivity index is 2.31. The van der Waals surface area contributed by atoms with Crippen LogP contribution < -0.4 is 11.0 Å². The second-order valence-corrected chi connectivity index (χ2v) is 2.29. The molecule has 1 aliphatic heterocycles. The van der Waals surface area contributed by atoms with Crippen molar-refractivity contribution in [2.45, 2.75) is 19.8 Å². The highest BCUT2D eigenvalue weighted by Crippen LogP contribution is 1.93. The summed E-state index contributed by atoms with van der Waals surface area (Å²) in [6.07, 6.45) is 1.59. The predicted molar refractivity (Wildman–Crippen MR) is 37.8 cm³/mol. The van der Waals surface area contributed by atoms with Crippen LogP contribution in [0.5, 0.6) is 0 Å². The van der Waals surface area contributed by atoms with E-state index in [-0.39, 0.29) is 5.91 Å². The van der Waals surface area contributed by atoms with E-state index < -0.39 is 0 Å². The summed E-state index contributed by atoms with van der Waals surface area (Å²) in [7, 11) is 0. The van der Waals surface area contributed by atoms with Crippen LogP contribution >= 0.6 is 0 Å². The van der Waals surface area contributed by atoms with Crippen molar-refractivity contribution in [3.63, 3.8) is 0 Å².